The summed E-state index contributed by atoms with van der Waals surface area (Å²) in [5.74, 6) is 0.663. The van der Waals surface area contributed by atoms with Crippen molar-refractivity contribution in [2.75, 3.05) is 24.5 Å². The van der Waals surface area contributed by atoms with Gasteiger partial charge in [0.25, 0.3) is 0 Å². The quantitative estimate of drug-likeness (QED) is 0.493. The Hall–Kier alpha value is -3.07. The summed E-state index contributed by atoms with van der Waals surface area (Å²) in [6.45, 7) is -0.166. The first kappa shape index (κ1) is 24.6. The average molecular weight is 518 g/mol. The van der Waals surface area contributed by atoms with Gasteiger partial charge >= 0.3 is 6.18 Å². The molecule has 190 valence electrons. The minimum absolute atomic E-state index is 0.107. The first-order valence-electron chi connectivity index (χ1n) is 12.0. The molecule has 0 bridgehead atoms. The maximum atomic E-state index is 12.4. The van der Waals surface area contributed by atoms with Gasteiger partial charge in [0.2, 0.25) is 5.91 Å². The van der Waals surface area contributed by atoms with E-state index in [-0.39, 0.29) is 5.41 Å². The molecule has 0 spiro atoms. The molecule has 0 radical (unpaired) electrons. The van der Waals surface area contributed by atoms with E-state index in [9.17, 15) is 18.0 Å². The molecule has 0 atom stereocenters. The van der Waals surface area contributed by atoms with Crippen LogP contribution in [-0.2, 0) is 17.3 Å². The number of hydrogen-bond acceptors (Lipinski definition) is 4. The SMILES string of the molecule is Cn1c(-c2ccc(N3CCC(C(=O)NCC(F)(F)F)CC3)cc2Cl)nnc1C1(c2ccccc2)CC1. The van der Waals surface area contributed by atoms with Gasteiger partial charge in [0.05, 0.1) is 10.4 Å². The number of halogens is 4. The van der Waals surface area contributed by atoms with Crippen molar-refractivity contribution in [2.45, 2.75) is 37.3 Å². The Kier molecular flexibility index (Phi) is 6.44. The summed E-state index contributed by atoms with van der Waals surface area (Å²) in [6, 6.07) is 16.1. The molecular weight excluding hydrogens is 491 g/mol. The molecule has 1 aromatic heterocycles. The summed E-state index contributed by atoms with van der Waals surface area (Å²) in [7, 11) is 1.96. The second-order valence-corrected chi connectivity index (χ2v) is 10.0. The number of anilines is 1. The van der Waals surface area contributed by atoms with Gasteiger partial charge in [0.1, 0.15) is 12.4 Å². The molecule has 10 heteroatoms. The molecule has 2 fully saturated rings. The number of alkyl halides is 3. The Bertz CT molecular complexity index is 1250. The second-order valence-electron chi connectivity index (χ2n) is 9.61. The van der Waals surface area contributed by atoms with Crippen molar-refractivity contribution in [1.29, 1.82) is 0 Å². The Morgan fingerprint density at radius 3 is 2.42 bits per heavy atom. The fraction of sp³-hybridized carbons (Fsp3) is 0.423. The Morgan fingerprint density at radius 1 is 1.11 bits per heavy atom. The lowest BCUT2D eigenvalue weighted by Crippen LogP contribution is -2.43. The summed E-state index contributed by atoms with van der Waals surface area (Å²) in [5.41, 5.74) is 2.82. The molecule has 36 heavy (non-hydrogen) atoms. The molecule has 1 aliphatic heterocycles. The molecule has 2 aromatic carbocycles. The highest BCUT2D eigenvalue weighted by molar-refractivity contribution is 6.33. The smallest absolute Gasteiger partial charge is 0.371 e. The monoisotopic (exact) mass is 517 g/mol. The van der Waals surface area contributed by atoms with Gasteiger partial charge in [0, 0.05) is 37.3 Å². The van der Waals surface area contributed by atoms with Gasteiger partial charge in [-0.1, -0.05) is 41.9 Å². The topological polar surface area (TPSA) is 63.1 Å². The lowest BCUT2D eigenvalue weighted by atomic mass is 9.95. The molecule has 5 rings (SSSR count). The molecule has 1 N–H and O–H groups in total. The van der Waals surface area contributed by atoms with Crippen molar-refractivity contribution in [3.63, 3.8) is 0 Å². The van der Waals surface area contributed by atoms with E-state index < -0.39 is 24.5 Å². The van der Waals surface area contributed by atoms with E-state index in [4.69, 9.17) is 11.6 Å². The van der Waals surface area contributed by atoms with Crippen molar-refractivity contribution in [3.05, 3.63) is 64.9 Å². The van der Waals surface area contributed by atoms with Gasteiger partial charge in [-0.2, -0.15) is 13.2 Å². The van der Waals surface area contributed by atoms with Crippen LogP contribution in [0.15, 0.2) is 48.5 Å². The third kappa shape index (κ3) is 4.81. The van der Waals surface area contributed by atoms with Gasteiger partial charge in [-0.25, -0.2) is 0 Å². The zero-order valence-corrected chi connectivity index (χ0v) is 20.6. The molecular formula is C26H27ClF3N5O. The van der Waals surface area contributed by atoms with Crippen LogP contribution in [0.3, 0.4) is 0 Å². The van der Waals surface area contributed by atoms with Gasteiger partial charge in [-0.3, -0.25) is 4.79 Å². The van der Waals surface area contributed by atoms with Gasteiger partial charge < -0.3 is 14.8 Å². The van der Waals surface area contributed by atoms with Crippen LogP contribution in [0.2, 0.25) is 5.02 Å². The normalized spacial score (nSPS) is 17.8. The summed E-state index contributed by atoms with van der Waals surface area (Å²) >= 11 is 6.70. The number of hydrogen-bond donors (Lipinski definition) is 1. The van der Waals surface area contributed by atoms with E-state index in [1.807, 2.05) is 53.3 Å². The van der Waals surface area contributed by atoms with Crippen molar-refractivity contribution in [2.24, 2.45) is 13.0 Å². The van der Waals surface area contributed by atoms with E-state index in [2.05, 4.69) is 27.2 Å². The maximum absolute atomic E-state index is 12.4. The van der Waals surface area contributed by atoms with Gasteiger partial charge in [-0.15, -0.1) is 10.2 Å². The van der Waals surface area contributed by atoms with E-state index in [1.165, 1.54) is 5.56 Å². The largest absolute Gasteiger partial charge is 0.405 e. The van der Waals surface area contributed by atoms with Crippen LogP contribution in [0.5, 0.6) is 0 Å². The summed E-state index contributed by atoms with van der Waals surface area (Å²) in [4.78, 5) is 14.2. The van der Waals surface area contributed by atoms with Crippen molar-refractivity contribution < 1.29 is 18.0 Å². The molecule has 0 unspecified atom stereocenters. The predicted molar refractivity (Wildman–Crippen MR) is 132 cm³/mol. The molecule has 1 saturated heterocycles. The molecule has 2 heterocycles. The molecule has 2 aliphatic rings. The summed E-state index contributed by atoms with van der Waals surface area (Å²) in [6.07, 6.45) is -1.38. The Labute approximate surface area is 212 Å². The molecule has 1 amide bonds. The van der Waals surface area contributed by atoms with Gasteiger partial charge in [0.15, 0.2) is 5.82 Å². The van der Waals surface area contributed by atoms with E-state index in [0.717, 1.165) is 29.9 Å². The number of nitrogens with zero attached hydrogens (tertiary/aromatic N) is 4. The summed E-state index contributed by atoms with van der Waals surface area (Å²) in [5, 5.41) is 11.6. The van der Waals surface area contributed by atoms with Crippen molar-refractivity contribution in [3.8, 4) is 11.4 Å². The third-order valence-corrected chi connectivity index (χ3v) is 7.58. The van der Waals surface area contributed by atoms with E-state index in [1.54, 1.807) is 0 Å². The average Bonchev–Trinajstić information content (AvgIpc) is 3.59. The number of amides is 1. The first-order valence-corrected chi connectivity index (χ1v) is 12.4. The van der Waals surface area contributed by atoms with Gasteiger partial charge in [-0.05, 0) is 49.4 Å². The lowest BCUT2D eigenvalue weighted by Gasteiger charge is -2.33. The maximum Gasteiger partial charge on any atom is 0.405 e. The number of carbonyl (C=O) groups excluding carboxylic acids is 1. The minimum atomic E-state index is -4.40. The van der Waals surface area contributed by atoms with Crippen molar-refractivity contribution in [1.82, 2.24) is 20.1 Å². The molecule has 1 aliphatic carbocycles. The second kappa shape index (κ2) is 9.42. The van der Waals surface area contributed by atoms with Crippen LogP contribution >= 0.6 is 11.6 Å². The fourth-order valence-corrected chi connectivity index (χ4v) is 5.38. The van der Waals surface area contributed by atoms with Crippen LogP contribution in [0, 0.1) is 5.92 Å². The highest BCUT2D eigenvalue weighted by Crippen LogP contribution is 2.53. The fourth-order valence-electron chi connectivity index (χ4n) is 5.12. The van der Waals surface area contributed by atoms with Crippen LogP contribution in [0.1, 0.15) is 37.1 Å². The third-order valence-electron chi connectivity index (χ3n) is 7.27. The standard InChI is InChI=1S/C26H27ClF3N5O/c1-34-22(32-33-24(34)25(11-12-25)18-5-3-2-4-6-18)20-8-7-19(15-21(20)27)35-13-9-17(10-14-35)23(36)31-16-26(28,29)30/h2-8,15,17H,9-14,16H2,1H3,(H,31,36). The zero-order chi connectivity index (χ0) is 25.5. The van der Waals surface area contributed by atoms with Crippen LogP contribution in [0.4, 0.5) is 18.9 Å². The van der Waals surface area contributed by atoms with E-state index >= 15 is 0 Å². The summed E-state index contributed by atoms with van der Waals surface area (Å²) < 4.78 is 39.2. The Balaban J connectivity index is 1.28. The Morgan fingerprint density at radius 2 is 1.81 bits per heavy atom. The predicted octanol–water partition coefficient (Wildman–Crippen LogP) is 5.11. The van der Waals surface area contributed by atoms with Crippen LogP contribution < -0.4 is 10.2 Å². The number of aromatic nitrogens is 3. The van der Waals surface area contributed by atoms with E-state index in [0.29, 0.717) is 36.8 Å². The van der Waals surface area contributed by atoms with Crippen molar-refractivity contribution >= 4 is 23.2 Å². The lowest BCUT2D eigenvalue weighted by molar-refractivity contribution is -0.141. The number of rotatable bonds is 6. The number of carbonyl (C=O) groups is 1. The zero-order valence-electron chi connectivity index (χ0n) is 19.9. The molecule has 6 nitrogen and oxygen atoms in total. The highest BCUT2D eigenvalue weighted by atomic mass is 35.5. The number of benzene rings is 2. The molecule has 3 aromatic rings. The minimum Gasteiger partial charge on any atom is -0.371 e. The highest BCUT2D eigenvalue weighted by Gasteiger charge is 2.50. The first-order chi connectivity index (χ1) is 17.2. The number of piperidine rings is 1. The number of nitrogens with one attached hydrogen (secondary N) is 1. The molecule has 1 saturated carbocycles. The van der Waals surface area contributed by atoms with Crippen LogP contribution in [-0.4, -0.2) is 46.5 Å². The van der Waals surface area contributed by atoms with Crippen LogP contribution in [0.25, 0.3) is 11.4 Å².